The molecule has 2 N–H and O–H groups in total. The third-order valence-corrected chi connectivity index (χ3v) is 3.62. The molecule has 0 aliphatic rings. The van der Waals surface area contributed by atoms with Gasteiger partial charge in [0.05, 0.1) is 10.6 Å². The number of aromatic nitrogens is 1. The molecule has 0 aliphatic heterocycles. The van der Waals surface area contributed by atoms with E-state index < -0.39 is 5.97 Å². The lowest BCUT2D eigenvalue weighted by Gasteiger charge is -2.25. The molecule has 1 aromatic heterocycles. The third kappa shape index (κ3) is 4.39. The van der Waals surface area contributed by atoms with Crippen molar-refractivity contribution < 1.29 is 9.90 Å². The van der Waals surface area contributed by atoms with Gasteiger partial charge in [-0.2, -0.15) is 0 Å². The highest BCUT2D eigenvalue weighted by atomic mass is 35.5. The van der Waals surface area contributed by atoms with Crippen LogP contribution in [0.25, 0.3) is 0 Å². The quantitative estimate of drug-likeness (QED) is 0.835. The van der Waals surface area contributed by atoms with Crippen LogP contribution in [0.4, 0.5) is 5.82 Å². The van der Waals surface area contributed by atoms with E-state index in [1.54, 1.807) is 0 Å². The normalized spacial score (nSPS) is 11.4. The Morgan fingerprint density at radius 3 is 2.42 bits per heavy atom. The second-order valence-electron chi connectivity index (χ2n) is 5.39. The molecule has 0 aliphatic carbocycles. The number of hydrogen-bond acceptors (Lipinski definition) is 3. The summed E-state index contributed by atoms with van der Waals surface area (Å²) in [6.07, 6.45) is 1.37. The van der Waals surface area contributed by atoms with Gasteiger partial charge in [-0.25, -0.2) is 9.78 Å². The molecule has 1 heterocycles. The van der Waals surface area contributed by atoms with Crippen molar-refractivity contribution in [3.05, 3.63) is 22.8 Å². The van der Waals surface area contributed by atoms with Crippen molar-refractivity contribution in [2.45, 2.75) is 27.7 Å². The maximum atomic E-state index is 11.0. The maximum absolute atomic E-state index is 11.0. The molecule has 0 fully saturated rings. The fourth-order valence-electron chi connectivity index (χ4n) is 2.16. The van der Waals surface area contributed by atoms with Gasteiger partial charge in [-0.3, -0.25) is 0 Å². The molecular weight excluding hydrogens is 264 g/mol. The van der Waals surface area contributed by atoms with Crippen molar-refractivity contribution in [2.24, 2.45) is 17.8 Å². The predicted molar refractivity (Wildman–Crippen MR) is 77.9 cm³/mol. The Bertz CT molecular complexity index is 439. The first-order chi connectivity index (χ1) is 8.82. The Kier molecular flexibility index (Phi) is 5.60. The molecule has 0 saturated heterocycles. The van der Waals surface area contributed by atoms with Gasteiger partial charge < -0.3 is 10.4 Å². The Hall–Kier alpha value is -1.29. The number of nitrogens with zero attached hydrogens (tertiary/aromatic N) is 1. The number of halogens is 1. The predicted octanol–water partition coefficient (Wildman–Crippen LogP) is 3.77. The Morgan fingerprint density at radius 2 is 1.95 bits per heavy atom. The van der Waals surface area contributed by atoms with Crippen LogP contribution < -0.4 is 5.32 Å². The summed E-state index contributed by atoms with van der Waals surface area (Å²) in [6.45, 7) is 9.51. The van der Waals surface area contributed by atoms with Crippen molar-refractivity contribution in [2.75, 3.05) is 11.9 Å². The summed E-state index contributed by atoms with van der Waals surface area (Å²) in [5, 5.41) is 12.4. The lowest BCUT2D eigenvalue weighted by atomic mass is 9.85. The molecule has 1 aromatic rings. The molecule has 106 valence electrons. The van der Waals surface area contributed by atoms with E-state index in [-0.39, 0.29) is 10.6 Å². The van der Waals surface area contributed by atoms with Crippen molar-refractivity contribution in [3.8, 4) is 0 Å². The highest BCUT2D eigenvalue weighted by molar-refractivity contribution is 6.33. The van der Waals surface area contributed by atoms with Gasteiger partial charge in [-0.05, 0) is 23.8 Å². The fraction of sp³-hybridized carbons (Fsp3) is 0.571. The molecule has 0 amide bonds. The molecule has 1 rings (SSSR count). The van der Waals surface area contributed by atoms with Gasteiger partial charge in [0.25, 0.3) is 0 Å². The van der Waals surface area contributed by atoms with Crippen LogP contribution in [0.3, 0.4) is 0 Å². The van der Waals surface area contributed by atoms with Crippen LogP contribution in [0, 0.1) is 17.8 Å². The highest BCUT2D eigenvalue weighted by Crippen LogP contribution is 2.22. The van der Waals surface area contributed by atoms with Gasteiger partial charge in [-0.15, -0.1) is 0 Å². The van der Waals surface area contributed by atoms with E-state index in [0.29, 0.717) is 23.6 Å². The zero-order valence-electron chi connectivity index (χ0n) is 11.8. The van der Waals surface area contributed by atoms with Gasteiger partial charge in [-0.1, -0.05) is 39.3 Å². The first kappa shape index (κ1) is 15.8. The summed E-state index contributed by atoms with van der Waals surface area (Å²) < 4.78 is 0. The van der Waals surface area contributed by atoms with Crippen LogP contribution in [0.15, 0.2) is 12.3 Å². The lowest BCUT2D eigenvalue weighted by Crippen LogP contribution is -2.24. The molecule has 19 heavy (non-hydrogen) atoms. The summed E-state index contributed by atoms with van der Waals surface area (Å²) >= 11 is 5.78. The molecule has 4 nitrogen and oxygen atoms in total. The number of rotatable bonds is 6. The first-order valence-corrected chi connectivity index (χ1v) is 6.83. The Labute approximate surface area is 119 Å². The second kappa shape index (κ2) is 6.75. The molecule has 0 saturated carbocycles. The standard InChI is InChI=1S/C14H21ClN2O2/c1-8(2)11(9(3)4)6-16-13-5-10(14(18)19)12(15)7-17-13/h5,7-9,11H,6H2,1-4H3,(H,16,17)(H,18,19). The summed E-state index contributed by atoms with van der Waals surface area (Å²) in [5.41, 5.74) is 0.0739. The van der Waals surface area contributed by atoms with E-state index in [9.17, 15) is 4.79 Å². The Balaban J connectivity index is 2.78. The highest BCUT2D eigenvalue weighted by Gasteiger charge is 2.18. The van der Waals surface area contributed by atoms with Crippen LogP contribution in [0.2, 0.25) is 5.02 Å². The number of aromatic carboxylic acids is 1. The molecule has 0 atom stereocenters. The minimum absolute atomic E-state index is 0.0739. The second-order valence-corrected chi connectivity index (χ2v) is 5.79. The van der Waals surface area contributed by atoms with E-state index in [1.807, 2.05) is 0 Å². The van der Waals surface area contributed by atoms with Gasteiger partial charge >= 0.3 is 5.97 Å². The number of hydrogen-bond donors (Lipinski definition) is 2. The van der Waals surface area contributed by atoms with Gasteiger partial charge in [0.2, 0.25) is 0 Å². The monoisotopic (exact) mass is 284 g/mol. The molecule has 0 bridgehead atoms. The van der Waals surface area contributed by atoms with Crippen molar-refractivity contribution in [1.29, 1.82) is 0 Å². The average molecular weight is 285 g/mol. The van der Waals surface area contributed by atoms with Crippen molar-refractivity contribution >= 4 is 23.4 Å². The smallest absolute Gasteiger partial charge is 0.337 e. The van der Waals surface area contributed by atoms with E-state index in [1.165, 1.54) is 12.3 Å². The molecule has 0 unspecified atom stereocenters. The zero-order chi connectivity index (χ0) is 14.6. The van der Waals surface area contributed by atoms with Gasteiger partial charge in [0, 0.05) is 12.7 Å². The van der Waals surface area contributed by atoms with Crippen LogP contribution in [-0.4, -0.2) is 22.6 Å². The fourth-order valence-corrected chi connectivity index (χ4v) is 2.35. The summed E-state index contributed by atoms with van der Waals surface area (Å²) in [4.78, 5) is 15.1. The van der Waals surface area contributed by atoms with Gasteiger partial charge in [0.1, 0.15) is 5.82 Å². The number of carbonyl (C=O) groups is 1. The first-order valence-electron chi connectivity index (χ1n) is 6.45. The van der Waals surface area contributed by atoms with Crippen LogP contribution in [0.1, 0.15) is 38.1 Å². The summed E-state index contributed by atoms with van der Waals surface area (Å²) in [5.74, 6) is 1.12. The molecular formula is C14H21ClN2O2. The number of carboxylic acids is 1. The topological polar surface area (TPSA) is 62.2 Å². The number of pyridine rings is 1. The largest absolute Gasteiger partial charge is 0.478 e. The number of carboxylic acid groups (broad SMARTS) is 1. The summed E-state index contributed by atoms with van der Waals surface area (Å²) in [7, 11) is 0. The molecule has 0 spiro atoms. The zero-order valence-corrected chi connectivity index (χ0v) is 12.5. The van der Waals surface area contributed by atoms with Crippen LogP contribution in [-0.2, 0) is 0 Å². The van der Waals surface area contributed by atoms with Crippen LogP contribution in [0.5, 0.6) is 0 Å². The van der Waals surface area contributed by atoms with E-state index in [0.717, 1.165) is 6.54 Å². The third-order valence-electron chi connectivity index (χ3n) is 3.32. The molecule has 0 radical (unpaired) electrons. The minimum Gasteiger partial charge on any atom is -0.478 e. The minimum atomic E-state index is -1.04. The molecule has 5 heteroatoms. The van der Waals surface area contributed by atoms with E-state index in [2.05, 4.69) is 38.0 Å². The van der Waals surface area contributed by atoms with Crippen molar-refractivity contribution in [3.63, 3.8) is 0 Å². The average Bonchev–Trinajstić information content (AvgIpc) is 2.30. The van der Waals surface area contributed by atoms with E-state index >= 15 is 0 Å². The van der Waals surface area contributed by atoms with Gasteiger partial charge in [0.15, 0.2) is 0 Å². The molecule has 0 aromatic carbocycles. The van der Waals surface area contributed by atoms with Crippen molar-refractivity contribution in [1.82, 2.24) is 4.98 Å². The maximum Gasteiger partial charge on any atom is 0.337 e. The van der Waals surface area contributed by atoms with Crippen LogP contribution >= 0.6 is 11.6 Å². The summed E-state index contributed by atoms with van der Waals surface area (Å²) in [6, 6.07) is 1.47. The van der Waals surface area contributed by atoms with E-state index in [4.69, 9.17) is 16.7 Å². The number of anilines is 1. The Morgan fingerprint density at radius 1 is 1.37 bits per heavy atom. The SMILES string of the molecule is CC(C)C(CNc1cc(C(=O)O)c(Cl)cn1)C(C)C. The lowest BCUT2D eigenvalue weighted by molar-refractivity contribution is 0.0697. The number of nitrogens with one attached hydrogen (secondary N) is 1.